The van der Waals surface area contributed by atoms with Crippen molar-refractivity contribution in [3.05, 3.63) is 54.0 Å². The Balaban J connectivity index is 1.23. The number of fused-ring (bicyclic) bond motifs is 1. The van der Waals surface area contributed by atoms with E-state index in [-0.39, 0.29) is 17.7 Å². The number of pyridine rings is 1. The fourth-order valence-electron chi connectivity index (χ4n) is 4.77. The summed E-state index contributed by atoms with van der Waals surface area (Å²) in [5.74, 6) is 0.177. The van der Waals surface area contributed by atoms with Gasteiger partial charge < -0.3 is 19.7 Å². The summed E-state index contributed by atoms with van der Waals surface area (Å²) in [7, 11) is 0. The number of imidazole rings is 1. The molecule has 2 aromatic heterocycles. The van der Waals surface area contributed by atoms with E-state index in [4.69, 9.17) is 4.74 Å². The van der Waals surface area contributed by atoms with Gasteiger partial charge in [-0.3, -0.25) is 9.69 Å². The Hall–Kier alpha value is -2.97. The number of aromatic nitrogens is 3. The molecule has 1 amide bonds. The van der Waals surface area contributed by atoms with E-state index in [2.05, 4.69) is 24.8 Å². The number of hydrogen-bond acceptors (Lipinski definition) is 6. The molecule has 0 aliphatic carbocycles. The Kier molecular flexibility index (Phi) is 6.05. The highest BCUT2D eigenvalue weighted by Crippen LogP contribution is 2.25. The predicted molar refractivity (Wildman–Crippen MR) is 120 cm³/mol. The zero-order valence-electron chi connectivity index (χ0n) is 18.1. The highest BCUT2D eigenvalue weighted by atomic mass is 16.5. The molecule has 2 saturated heterocycles. The van der Waals surface area contributed by atoms with Crippen LogP contribution in [-0.2, 0) is 11.3 Å². The average Bonchev–Trinajstić information content (AvgIpc) is 3.23. The van der Waals surface area contributed by atoms with Crippen molar-refractivity contribution in [2.24, 2.45) is 0 Å². The number of carbonyl (C=O) groups excluding carboxylic acids is 1. The van der Waals surface area contributed by atoms with E-state index in [0.29, 0.717) is 11.6 Å². The van der Waals surface area contributed by atoms with Crippen LogP contribution in [0.25, 0.3) is 11.2 Å². The molecule has 2 aliphatic rings. The summed E-state index contributed by atoms with van der Waals surface area (Å²) in [5.41, 5.74) is 3.19. The zero-order chi connectivity index (χ0) is 21.9. The molecule has 1 atom stereocenters. The van der Waals surface area contributed by atoms with Crippen LogP contribution in [0.1, 0.15) is 47.6 Å². The number of amides is 1. The van der Waals surface area contributed by atoms with Crippen LogP contribution in [0.2, 0.25) is 0 Å². The molecule has 8 heteroatoms. The molecule has 5 rings (SSSR count). The summed E-state index contributed by atoms with van der Waals surface area (Å²) in [4.78, 5) is 24.3. The Labute approximate surface area is 187 Å². The number of piperidine rings is 1. The van der Waals surface area contributed by atoms with Crippen LogP contribution < -0.4 is 5.32 Å². The Morgan fingerprint density at radius 3 is 2.91 bits per heavy atom. The number of phenolic OH excluding ortho intramolecular Hbond substituents is 1. The van der Waals surface area contributed by atoms with E-state index < -0.39 is 0 Å². The van der Waals surface area contributed by atoms with E-state index in [1.54, 1.807) is 18.3 Å². The van der Waals surface area contributed by atoms with Crippen molar-refractivity contribution < 1.29 is 14.6 Å². The van der Waals surface area contributed by atoms with Gasteiger partial charge in [-0.15, -0.1) is 0 Å². The normalized spacial score (nSPS) is 20.4. The molecule has 1 aromatic carbocycles. The maximum atomic E-state index is 12.9. The van der Waals surface area contributed by atoms with Gasteiger partial charge in [0.05, 0.1) is 11.9 Å². The largest absolute Gasteiger partial charge is 0.508 e. The first-order valence-electron chi connectivity index (χ1n) is 11.4. The number of nitrogens with zero attached hydrogens (tertiary/aromatic N) is 4. The van der Waals surface area contributed by atoms with Gasteiger partial charge in [-0.1, -0.05) is 12.1 Å². The maximum absolute atomic E-state index is 12.9. The summed E-state index contributed by atoms with van der Waals surface area (Å²) in [6.07, 6.45) is 7.37. The summed E-state index contributed by atoms with van der Waals surface area (Å²) in [6.45, 7) is 4.05. The van der Waals surface area contributed by atoms with Crippen LogP contribution in [0.3, 0.4) is 0 Å². The number of nitrogens with one attached hydrogen (secondary N) is 1. The first-order valence-corrected chi connectivity index (χ1v) is 11.4. The van der Waals surface area contributed by atoms with Gasteiger partial charge in [0.15, 0.2) is 5.65 Å². The van der Waals surface area contributed by atoms with Gasteiger partial charge in [0.2, 0.25) is 0 Å². The molecule has 0 saturated carbocycles. The van der Waals surface area contributed by atoms with Crippen LogP contribution in [-0.4, -0.2) is 62.8 Å². The maximum Gasteiger partial charge on any atom is 0.253 e. The van der Waals surface area contributed by atoms with Crippen LogP contribution in [0.5, 0.6) is 5.75 Å². The van der Waals surface area contributed by atoms with Crippen molar-refractivity contribution in [1.82, 2.24) is 24.8 Å². The topological polar surface area (TPSA) is 92.5 Å². The van der Waals surface area contributed by atoms with Gasteiger partial charge in [0.25, 0.3) is 5.91 Å². The molecule has 0 radical (unpaired) electrons. The van der Waals surface area contributed by atoms with Crippen molar-refractivity contribution in [2.75, 3.05) is 26.3 Å². The first-order chi connectivity index (χ1) is 15.7. The molecular formula is C24H29N5O3. The summed E-state index contributed by atoms with van der Waals surface area (Å²) in [6, 6.07) is 9.62. The number of rotatable bonds is 5. The molecule has 32 heavy (non-hydrogen) atoms. The fraction of sp³-hybridized carbons (Fsp3) is 0.458. The van der Waals surface area contributed by atoms with Gasteiger partial charge in [-0.2, -0.15) is 0 Å². The number of ether oxygens (including phenoxy) is 1. The van der Waals surface area contributed by atoms with Gasteiger partial charge in [-0.25, -0.2) is 9.97 Å². The quantitative estimate of drug-likeness (QED) is 0.640. The lowest BCUT2D eigenvalue weighted by molar-refractivity contribution is 0.0704. The van der Waals surface area contributed by atoms with Gasteiger partial charge in [0, 0.05) is 44.6 Å². The highest BCUT2D eigenvalue weighted by molar-refractivity contribution is 5.96. The summed E-state index contributed by atoms with van der Waals surface area (Å²) < 4.78 is 7.57. The second-order valence-corrected chi connectivity index (χ2v) is 8.78. The Morgan fingerprint density at radius 2 is 2.06 bits per heavy atom. The van der Waals surface area contributed by atoms with Crippen molar-refractivity contribution in [2.45, 2.75) is 44.3 Å². The molecule has 2 aliphatic heterocycles. The third-order valence-corrected chi connectivity index (χ3v) is 6.42. The SMILES string of the molecule is O=C(NC1CCCN(Cc2cccc(O)c2)C1)c1cnc2c(c1)ncn2C1CCOCC1. The first kappa shape index (κ1) is 20.9. The number of likely N-dealkylation sites (tertiary alicyclic amines) is 1. The summed E-state index contributed by atoms with van der Waals surface area (Å²) >= 11 is 0. The number of aromatic hydroxyl groups is 1. The van der Waals surface area contributed by atoms with Crippen LogP contribution >= 0.6 is 0 Å². The minimum Gasteiger partial charge on any atom is -0.508 e. The smallest absolute Gasteiger partial charge is 0.253 e. The van der Waals surface area contributed by atoms with Gasteiger partial charge in [-0.05, 0) is 56.0 Å². The molecular weight excluding hydrogens is 406 g/mol. The second kappa shape index (κ2) is 9.26. The molecule has 168 valence electrons. The van der Waals surface area contributed by atoms with Crippen molar-refractivity contribution in [1.29, 1.82) is 0 Å². The van der Waals surface area contributed by atoms with Crippen molar-refractivity contribution >= 4 is 17.1 Å². The fourth-order valence-corrected chi connectivity index (χ4v) is 4.77. The number of hydrogen-bond donors (Lipinski definition) is 2. The number of phenols is 1. The lowest BCUT2D eigenvalue weighted by Gasteiger charge is -2.33. The Morgan fingerprint density at radius 1 is 1.19 bits per heavy atom. The average molecular weight is 436 g/mol. The zero-order valence-corrected chi connectivity index (χ0v) is 18.1. The van der Waals surface area contributed by atoms with E-state index in [9.17, 15) is 9.90 Å². The minimum atomic E-state index is -0.107. The molecule has 2 fully saturated rings. The van der Waals surface area contributed by atoms with Crippen LogP contribution in [0.4, 0.5) is 0 Å². The van der Waals surface area contributed by atoms with Crippen molar-refractivity contribution in [3.63, 3.8) is 0 Å². The van der Waals surface area contributed by atoms with Gasteiger partial charge >= 0.3 is 0 Å². The van der Waals surface area contributed by atoms with Crippen molar-refractivity contribution in [3.8, 4) is 5.75 Å². The van der Waals surface area contributed by atoms with Gasteiger partial charge in [0.1, 0.15) is 11.3 Å². The van der Waals surface area contributed by atoms with E-state index in [1.165, 1.54) is 0 Å². The molecule has 4 heterocycles. The third kappa shape index (κ3) is 4.61. The molecule has 1 unspecified atom stereocenters. The van der Waals surface area contributed by atoms with E-state index in [0.717, 1.165) is 75.3 Å². The van der Waals surface area contributed by atoms with Crippen LogP contribution in [0.15, 0.2) is 42.9 Å². The lowest BCUT2D eigenvalue weighted by Crippen LogP contribution is -2.47. The molecule has 3 aromatic rings. The molecule has 0 bridgehead atoms. The molecule has 8 nitrogen and oxygen atoms in total. The molecule has 0 spiro atoms. The second-order valence-electron chi connectivity index (χ2n) is 8.78. The minimum absolute atomic E-state index is 0.0871. The number of carbonyl (C=O) groups is 1. The van der Waals surface area contributed by atoms with E-state index >= 15 is 0 Å². The molecule has 2 N–H and O–H groups in total. The number of benzene rings is 1. The summed E-state index contributed by atoms with van der Waals surface area (Å²) in [5, 5.41) is 12.9. The standard InChI is InChI=1S/C24H29N5O3/c30-21-5-1-3-17(11-21)14-28-8-2-4-19(15-28)27-24(31)18-12-22-23(25-13-18)29(16-26-22)20-6-9-32-10-7-20/h1,3,5,11-13,16,19-20,30H,2,4,6-10,14-15H2,(H,27,31). The monoisotopic (exact) mass is 435 g/mol. The lowest BCUT2D eigenvalue weighted by atomic mass is 10.0. The van der Waals surface area contributed by atoms with Crippen LogP contribution in [0, 0.1) is 0 Å². The third-order valence-electron chi connectivity index (χ3n) is 6.42. The Bertz CT molecular complexity index is 1090. The predicted octanol–water partition coefficient (Wildman–Crippen LogP) is 2.88. The highest BCUT2D eigenvalue weighted by Gasteiger charge is 2.23. The van der Waals surface area contributed by atoms with E-state index in [1.807, 2.05) is 24.5 Å².